The summed E-state index contributed by atoms with van der Waals surface area (Å²) in [5.41, 5.74) is -0.559. The molecule has 0 radical (unpaired) electrons. The van der Waals surface area contributed by atoms with Crippen molar-refractivity contribution >= 4 is 23.3 Å². The van der Waals surface area contributed by atoms with E-state index < -0.39 is 34.3 Å². The van der Waals surface area contributed by atoms with E-state index in [1.54, 1.807) is 0 Å². The zero-order valence-electron chi connectivity index (χ0n) is 10.9. The number of phenolic OH excluding ortho intramolecular Hbond substituents is 1. The Morgan fingerprint density at radius 2 is 1.90 bits per heavy atom. The van der Waals surface area contributed by atoms with Crippen molar-refractivity contribution in [1.82, 2.24) is 0 Å². The van der Waals surface area contributed by atoms with Crippen LogP contribution in [0.2, 0.25) is 0 Å². The van der Waals surface area contributed by atoms with Gasteiger partial charge in [0.1, 0.15) is 11.4 Å². The molecule has 0 spiro atoms. The summed E-state index contributed by atoms with van der Waals surface area (Å²) in [4.78, 5) is 32.7. The number of carboxylic acid groups (broad SMARTS) is 1. The summed E-state index contributed by atoms with van der Waals surface area (Å²) < 4.78 is 0. The van der Waals surface area contributed by atoms with Gasteiger partial charge in [-0.2, -0.15) is 0 Å². The van der Waals surface area contributed by atoms with Crippen LogP contribution in [-0.4, -0.2) is 27.0 Å². The van der Waals surface area contributed by atoms with Crippen LogP contribution < -0.4 is 5.32 Å². The molecule has 8 heteroatoms. The Morgan fingerprint density at radius 3 is 2.40 bits per heavy atom. The van der Waals surface area contributed by atoms with E-state index in [-0.39, 0.29) is 11.4 Å². The van der Waals surface area contributed by atoms with Crippen molar-refractivity contribution in [3.63, 3.8) is 0 Å². The normalized spacial score (nSPS) is 13.3. The van der Waals surface area contributed by atoms with E-state index in [9.17, 15) is 24.8 Å². The Bertz CT molecular complexity index is 557. The van der Waals surface area contributed by atoms with Gasteiger partial charge in [0.25, 0.3) is 5.69 Å². The van der Waals surface area contributed by atoms with Crippen molar-refractivity contribution in [2.75, 3.05) is 5.32 Å². The molecular formula is C12H14N2O6. The minimum Gasteiger partial charge on any atom is -0.508 e. The first-order valence-corrected chi connectivity index (χ1v) is 5.75. The average molecular weight is 282 g/mol. The maximum Gasteiger partial charge on any atom is 0.307 e. The quantitative estimate of drug-likeness (QED) is 0.427. The Balaban J connectivity index is 2.96. The highest BCUT2D eigenvalue weighted by molar-refractivity contribution is 5.96. The number of anilines is 1. The van der Waals surface area contributed by atoms with Gasteiger partial charge in [0, 0.05) is 5.92 Å². The van der Waals surface area contributed by atoms with Crippen molar-refractivity contribution in [3.8, 4) is 5.75 Å². The molecule has 1 aromatic carbocycles. The zero-order valence-corrected chi connectivity index (χ0v) is 10.9. The molecule has 2 unspecified atom stereocenters. The highest BCUT2D eigenvalue weighted by atomic mass is 16.6. The summed E-state index contributed by atoms with van der Waals surface area (Å²) in [5.74, 6) is -3.87. The first-order valence-electron chi connectivity index (χ1n) is 5.75. The fraction of sp³-hybridized carbons (Fsp3) is 0.333. The van der Waals surface area contributed by atoms with E-state index in [0.717, 1.165) is 6.07 Å². The third kappa shape index (κ3) is 3.44. The number of carbonyl (C=O) groups excluding carboxylic acids is 1. The summed E-state index contributed by atoms with van der Waals surface area (Å²) in [5, 5.41) is 31.1. The second-order valence-electron chi connectivity index (χ2n) is 4.36. The number of phenols is 1. The average Bonchev–Trinajstić information content (AvgIpc) is 2.38. The molecule has 20 heavy (non-hydrogen) atoms. The lowest BCUT2D eigenvalue weighted by Crippen LogP contribution is -2.30. The van der Waals surface area contributed by atoms with E-state index in [1.165, 1.54) is 26.0 Å². The number of nitro benzene ring substituents is 1. The number of nitrogens with one attached hydrogen (secondary N) is 1. The molecule has 1 amide bonds. The van der Waals surface area contributed by atoms with Crippen LogP contribution in [0.4, 0.5) is 11.4 Å². The standard InChI is InChI=1S/C12H14N2O6/c1-6(7(2)12(17)18)11(16)13-9-4-3-8(15)5-10(9)14(19)20/h3-7,15H,1-2H3,(H,13,16)(H,17,18). The Labute approximate surface area is 114 Å². The van der Waals surface area contributed by atoms with E-state index in [0.29, 0.717) is 0 Å². The molecular weight excluding hydrogens is 268 g/mol. The number of hydrogen-bond donors (Lipinski definition) is 3. The van der Waals surface area contributed by atoms with Gasteiger partial charge < -0.3 is 15.5 Å². The molecule has 0 fully saturated rings. The minimum atomic E-state index is -1.13. The molecule has 1 aromatic rings. The predicted molar refractivity (Wildman–Crippen MR) is 69.4 cm³/mol. The van der Waals surface area contributed by atoms with Gasteiger partial charge in [0.05, 0.1) is 16.9 Å². The molecule has 1 rings (SSSR count). The van der Waals surface area contributed by atoms with Crippen LogP contribution in [-0.2, 0) is 9.59 Å². The monoisotopic (exact) mass is 282 g/mol. The van der Waals surface area contributed by atoms with Crippen LogP contribution in [0.25, 0.3) is 0 Å². The van der Waals surface area contributed by atoms with Gasteiger partial charge in [-0.05, 0) is 12.1 Å². The van der Waals surface area contributed by atoms with Gasteiger partial charge in [-0.25, -0.2) is 0 Å². The topological polar surface area (TPSA) is 130 Å². The molecule has 108 valence electrons. The highest BCUT2D eigenvalue weighted by Crippen LogP contribution is 2.29. The second-order valence-corrected chi connectivity index (χ2v) is 4.36. The number of rotatable bonds is 5. The lowest BCUT2D eigenvalue weighted by molar-refractivity contribution is -0.384. The van der Waals surface area contributed by atoms with Crippen LogP contribution in [0.1, 0.15) is 13.8 Å². The summed E-state index contributed by atoms with van der Waals surface area (Å²) >= 11 is 0. The summed E-state index contributed by atoms with van der Waals surface area (Å²) in [6.07, 6.45) is 0. The molecule has 0 aliphatic heterocycles. The van der Waals surface area contributed by atoms with E-state index in [1.807, 2.05) is 0 Å². The lowest BCUT2D eigenvalue weighted by Gasteiger charge is -2.15. The third-order valence-electron chi connectivity index (χ3n) is 2.99. The Hall–Kier alpha value is -2.64. The van der Waals surface area contributed by atoms with Crippen molar-refractivity contribution in [2.24, 2.45) is 11.8 Å². The molecule has 0 saturated heterocycles. The summed E-state index contributed by atoms with van der Waals surface area (Å²) in [7, 11) is 0. The first-order chi connectivity index (χ1) is 9.23. The Morgan fingerprint density at radius 1 is 1.30 bits per heavy atom. The summed E-state index contributed by atoms with van der Waals surface area (Å²) in [6.45, 7) is 2.79. The molecule has 3 N–H and O–H groups in total. The number of carboxylic acids is 1. The number of hydrogen-bond acceptors (Lipinski definition) is 5. The number of carbonyl (C=O) groups is 2. The SMILES string of the molecule is CC(C(=O)O)C(C)C(=O)Nc1ccc(O)cc1[N+](=O)[O-]. The van der Waals surface area contributed by atoms with Crippen LogP contribution in [0.5, 0.6) is 5.75 Å². The number of aliphatic carboxylic acids is 1. The van der Waals surface area contributed by atoms with Gasteiger partial charge >= 0.3 is 5.97 Å². The van der Waals surface area contributed by atoms with Crippen molar-refractivity contribution in [1.29, 1.82) is 0 Å². The molecule has 0 aliphatic rings. The molecule has 0 heterocycles. The molecule has 2 atom stereocenters. The van der Waals surface area contributed by atoms with Crippen LogP contribution in [0, 0.1) is 22.0 Å². The largest absolute Gasteiger partial charge is 0.508 e. The maximum atomic E-state index is 11.9. The van der Waals surface area contributed by atoms with Gasteiger partial charge in [0.2, 0.25) is 5.91 Å². The number of aromatic hydroxyl groups is 1. The number of benzene rings is 1. The molecule has 0 aliphatic carbocycles. The van der Waals surface area contributed by atoms with E-state index in [2.05, 4.69) is 5.32 Å². The number of nitro groups is 1. The van der Waals surface area contributed by atoms with Crippen molar-refractivity contribution in [3.05, 3.63) is 28.3 Å². The minimum absolute atomic E-state index is 0.0951. The third-order valence-corrected chi connectivity index (χ3v) is 2.99. The van der Waals surface area contributed by atoms with E-state index in [4.69, 9.17) is 5.11 Å². The van der Waals surface area contributed by atoms with Crippen molar-refractivity contribution < 1.29 is 24.7 Å². The van der Waals surface area contributed by atoms with Gasteiger partial charge in [0.15, 0.2) is 0 Å². The van der Waals surface area contributed by atoms with Gasteiger partial charge in [-0.3, -0.25) is 19.7 Å². The van der Waals surface area contributed by atoms with Crippen LogP contribution in [0.3, 0.4) is 0 Å². The second kappa shape index (κ2) is 6.00. The van der Waals surface area contributed by atoms with Gasteiger partial charge in [-0.15, -0.1) is 0 Å². The van der Waals surface area contributed by atoms with E-state index >= 15 is 0 Å². The smallest absolute Gasteiger partial charge is 0.307 e. The fourth-order valence-electron chi connectivity index (χ4n) is 1.46. The van der Waals surface area contributed by atoms with Crippen molar-refractivity contribution in [2.45, 2.75) is 13.8 Å². The van der Waals surface area contributed by atoms with Gasteiger partial charge in [-0.1, -0.05) is 13.8 Å². The predicted octanol–water partition coefficient (Wildman–Crippen LogP) is 1.60. The number of amides is 1. The Kier molecular flexibility index (Phi) is 4.63. The molecule has 0 aromatic heterocycles. The number of nitrogens with zero attached hydrogens (tertiary/aromatic N) is 1. The highest BCUT2D eigenvalue weighted by Gasteiger charge is 2.27. The van der Waals surface area contributed by atoms with Crippen LogP contribution >= 0.6 is 0 Å². The molecule has 8 nitrogen and oxygen atoms in total. The fourth-order valence-corrected chi connectivity index (χ4v) is 1.46. The summed E-state index contributed by atoms with van der Waals surface area (Å²) in [6, 6.07) is 3.28. The first kappa shape index (κ1) is 15.4. The molecule has 0 bridgehead atoms. The lowest BCUT2D eigenvalue weighted by atomic mass is 9.95. The zero-order chi connectivity index (χ0) is 15.4. The maximum absolute atomic E-state index is 11.9. The van der Waals surface area contributed by atoms with Crippen LogP contribution in [0.15, 0.2) is 18.2 Å². The molecule has 0 saturated carbocycles.